The van der Waals surface area contributed by atoms with Crippen molar-refractivity contribution in [3.8, 4) is 0 Å². The normalized spacial score (nSPS) is 24.9. The maximum Gasteiger partial charge on any atom is 0.234 e. The number of carbonyl (C=O) groups is 1. The Labute approximate surface area is 140 Å². The second-order valence-corrected chi connectivity index (χ2v) is 8.57. The molecule has 2 rings (SSSR count). The van der Waals surface area contributed by atoms with E-state index < -0.39 is 21.3 Å². The molecule has 1 heterocycles. The molecule has 22 heavy (non-hydrogen) atoms. The molecule has 0 aromatic heterocycles. The number of alkyl halides is 1. The first kappa shape index (κ1) is 17.5. The predicted octanol–water partition coefficient (Wildman–Crippen LogP) is 1.51. The molecule has 0 bridgehead atoms. The SMILES string of the molecule is C[C@H](NCC(=O)N[C@@H]1CS(=O)(=O)C[C@@H]1Cl)c1ccc(Cl)cc1. The molecule has 2 N–H and O–H groups in total. The fraction of sp³-hybridized carbons (Fsp3) is 0.500. The molecule has 1 aromatic carbocycles. The van der Waals surface area contributed by atoms with Crippen LogP contribution in [0.15, 0.2) is 24.3 Å². The molecule has 1 fully saturated rings. The molecule has 1 saturated heterocycles. The summed E-state index contributed by atoms with van der Waals surface area (Å²) in [5.74, 6) is -0.457. The zero-order chi connectivity index (χ0) is 16.3. The number of halogens is 2. The molecule has 122 valence electrons. The van der Waals surface area contributed by atoms with Gasteiger partial charge in [-0.1, -0.05) is 23.7 Å². The zero-order valence-corrected chi connectivity index (χ0v) is 14.4. The molecule has 0 radical (unpaired) electrons. The van der Waals surface area contributed by atoms with Gasteiger partial charge < -0.3 is 10.6 Å². The van der Waals surface area contributed by atoms with Crippen molar-refractivity contribution in [3.05, 3.63) is 34.9 Å². The molecule has 3 atom stereocenters. The number of hydrogen-bond acceptors (Lipinski definition) is 4. The minimum absolute atomic E-state index is 0.0258. The topological polar surface area (TPSA) is 75.3 Å². The molecule has 1 aromatic rings. The van der Waals surface area contributed by atoms with Gasteiger partial charge in [-0.2, -0.15) is 0 Å². The lowest BCUT2D eigenvalue weighted by molar-refractivity contribution is -0.120. The van der Waals surface area contributed by atoms with Crippen LogP contribution in [0.1, 0.15) is 18.5 Å². The van der Waals surface area contributed by atoms with E-state index >= 15 is 0 Å². The van der Waals surface area contributed by atoms with E-state index in [0.29, 0.717) is 5.02 Å². The summed E-state index contributed by atoms with van der Waals surface area (Å²) in [5.41, 5.74) is 1.01. The number of benzene rings is 1. The summed E-state index contributed by atoms with van der Waals surface area (Å²) in [4.78, 5) is 11.9. The predicted molar refractivity (Wildman–Crippen MR) is 88.1 cm³/mol. The number of amides is 1. The van der Waals surface area contributed by atoms with E-state index in [1.165, 1.54) is 0 Å². The quantitative estimate of drug-likeness (QED) is 0.776. The number of nitrogens with one attached hydrogen (secondary N) is 2. The Balaban J connectivity index is 1.81. The lowest BCUT2D eigenvalue weighted by atomic mass is 10.1. The molecule has 0 saturated carbocycles. The molecule has 5 nitrogen and oxygen atoms in total. The Bertz CT molecular complexity index is 634. The van der Waals surface area contributed by atoms with E-state index in [2.05, 4.69) is 10.6 Å². The fourth-order valence-corrected chi connectivity index (χ4v) is 4.99. The Morgan fingerprint density at radius 2 is 1.95 bits per heavy atom. The van der Waals surface area contributed by atoms with Crippen molar-refractivity contribution >= 4 is 38.9 Å². The number of carbonyl (C=O) groups excluding carboxylic acids is 1. The summed E-state index contributed by atoms with van der Waals surface area (Å²) in [6.45, 7) is 2.02. The van der Waals surface area contributed by atoms with E-state index in [4.69, 9.17) is 23.2 Å². The van der Waals surface area contributed by atoms with Gasteiger partial charge in [0.15, 0.2) is 9.84 Å². The van der Waals surface area contributed by atoms with Crippen LogP contribution in [0, 0.1) is 0 Å². The maximum absolute atomic E-state index is 11.9. The van der Waals surface area contributed by atoms with Crippen LogP contribution in [-0.4, -0.2) is 43.8 Å². The van der Waals surface area contributed by atoms with E-state index in [9.17, 15) is 13.2 Å². The van der Waals surface area contributed by atoms with Crippen LogP contribution < -0.4 is 10.6 Å². The highest BCUT2D eigenvalue weighted by molar-refractivity contribution is 7.91. The Hall–Kier alpha value is -0.820. The average molecular weight is 365 g/mol. The minimum atomic E-state index is -3.15. The Morgan fingerprint density at radius 3 is 2.50 bits per heavy atom. The van der Waals surface area contributed by atoms with Crippen molar-refractivity contribution in [3.63, 3.8) is 0 Å². The van der Waals surface area contributed by atoms with Crippen LogP contribution in [0.25, 0.3) is 0 Å². The number of hydrogen-bond donors (Lipinski definition) is 2. The third kappa shape index (κ3) is 4.84. The van der Waals surface area contributed by atoms with Gasteiger partial charge in [-0.15, -0.1) is 11.6 Å². The number of sulfone groups is 1. The van der Waals surface area contributed by atoms with Gasteiger partial charge in [0, 0.05) is 11.1 Å². The summed E-state index contributed by atoms with van der Waals surface area (Å²) in [6.07, 6.45) is 0. The average Bonchev–Trinajstić information content (AvgIpc) is 2.69. The molecular weight excluding hydrogens is 347 g/mol. The van der Waals surface area contributed by atoms with Gasteiger partial charge in [-0.25, -0.2) is 8.42 Å². The largest absolute Gasteiger partial charge is 0.350 e. The fourth-order valence-electron chi connectivity index (χ4n) is 2.31. The van der Waals surface area contributed by atoms with Crippen molar-refractivity contribution in [1.29, 1.82) is 0 Å². The van der Waals surface area contributed by atoms with Gasteiger partial charge in [0.2, 0.25) is 5.91 Å². The third-order valence-corrected chi connectivity index (χ3v) is 6.20. The van der Waals surface area contributed by atoms with Crippen LogP contribution in [0.4, 0.5) is 0 Å². The second-order valence-electron chi connectivity index (χ2n) is 5.42. The summed E-state index contributed by atoms with van der Waals surface area (Å²) < 4.78 is 22.9. The van der Waals surface area contributed by atoms with Gasteiger partial charge in [0.1, 0.15) is 0 Å². The highest BCUT2D eigenvalue weighted by atomic mass is 35.5. The van der Waals surface area contributed by atoms with Crippen LogP contribution in [0.5, 0.6) is 0 Å². The standard InChI is InChI=1S/C14H18Cl2N2O3S/c1-9(10-2-4-11(15)5-3-10)17-6-14(19)18-13-8-22(20,21)7-12(13)16/h2-5,9,12-13,17H,6-8H2,1H3,(H,18,19)/t9-,12-,13+/m0/s1. The molecule has 1 amide bonds. The van der Waals surface area contributed by atoms with Crippen LogP contribution >= 0.6 is 23.2 Å². The van der Waals surface area contributed by atoms with Crippen molar-refractivity contribution in [2.75, 3.05) is 18.1 Å². The van der Waals surface area contributed by atoms with Gasteiger partial charge in [0.25, 0.3) is 0 Å². The lowest BCUT2D eigenvalue weighted by Gasteiger charge is -2.17. The van der Waals surface area contributed by atoms with Crippen LogP contribution in [0.3, 0.4) is 0 Å². The van der Waals surface area contributed by atoms with Gasteiger partial charge >= 0.3 is 0 Å². The van der Waals surface area contributed by atoms with E-state index in [-0.39, 0.29) is 30.0 Å². The minimum Gasteiger partial charge on any atom is -0.350 e. The van der Waals surface area contributed by atoms with E-state index in [1.54, 1.807) is 12.1 Å². The molecule has 1 aliphatic rings. The molecular formula is C14H18Cl2N2O3S. The van der Waals surface area contributed by atoms with Gasteiger partial charge in [-0.3, -0.25) is 4.79 Å². The lowest BCUT2D eigenvalue weighted by Crippen LogP contribution is -2.44. The van der Waals surface area contributed by atoms with E-state index in [0.717, 1.165) is 5.56 Å². The summed E-state index contributed by atoms with van der Waals surface area (Å²) >= 11 is 11.8. The van der Waals surface area contributed by atoms with Crippen molar-refractivity contribution < 1.29 is 13.2 Å². The Morgan fingerprint density at radius 1 is 1.32 bits per heavy atom. The maximum atomic E-state index is 11.9. The first-order valence-corrected chi connectivity index (χ1v) is 9.53. The molecule has 0 spiro atoms. The van der Waals surface area contributed by atoms with E-state index in [1.807, 2.05) is 19.1 Å². The molecule has 8 heteroatoms. The first-order chi connectivity index (χ1) is 10.3. The smallest absolute Gasteiger partial charge is 0.234 e. The summed E-state index contributed by atoms with van der Waals surface area (Å²) in [5, 5.41) is 5.84. The molecule has 0 unspecified atom stereocenters. The van der Waals surface area contributed by atoms with Gasteiger partial charge in [-0.05, 0) is 24.6 Å². The van der Waals surface area contributed by atoms with Gasteiger partial charge in [0.05, 0.1) is 29.5 Å². The molecule has 0 aliphatic carbocycles. The van der Waals surface area contributed by atoms with Crippen molar-refractivity contribution in [2.45, 2.75) is 24.4 Å². The summed E-state index contributed by atoms with van der Waals surface area (Å²) in [6, 6.07) is 6.80. The monoisotopic (exact) mass is 364 g/mol. The van der Waals surface area contributed by atoms with Crippen molar-refractivity contribution in [1.82, 2.24) is 10.6 Å². The molecule has 1 aliphatic heterocycles. The Kier molecular flexibility index (Phi) is 5.71. The third-order valence-electron chi connectivity index (χ3n) is 3.57. The highest BCUT2D eigenvalue weighted by Gasteiger charge is 2.37. The van der Waals surface area contributed by atoms with Crippen LogP contribution in [0.2, 0.25) is 5.02 Å². The summed E-state index contributed by atoms with van der Waals surface area (Å²) in [7, 11) is -3.15. The van der Waals surface area contributed by atoms with Crippen molar-refractivity contribution in [2.24, 2.45) is 0 Å². The number of rotatable bonds is 5. The highest BCUT2D eigenvalue weighted by Crippen LogP contribution is 2.18. The zero-order valence-electron chi connectivity index (χ0n) is 12.1. The van der Waals surface area contributed by atoms with Crippen LogP contribution in [-0.2, 0) is 14.6 Å². The first-order valence-electron chi connectivity index (χ1n) is 6.89. The second kappa shape index (κ2) is 7.17.